The van der Waals surface area contributed by atoms with Gasteiger partial charge in [0.25, 0.3) is 0 Å². The standard InChI is InChI=1S/C17H15N3OS2/c1-12-9-10-22-14(12)7-8-15(21)18-17-20-19-16(23-17)11-13-5-3-2-4-6-13/h2-10H,11H2,1H3,(H,18,20,21)/b8-7+. The van der Waals surface area contributed by atoms with Crippen LogP contribution >= 0.6 is 22.7 Å². The second-order valence-corrected chi connectivity index (χ2v) is 6.96. The molecule has 1 aromatic carbocycles. The summed E-state index contributed by atoms with van der Waals surface area (Å²) in [5.74, 6) is -0.194. The van der Waals surface area contributed by atoms with E-state index in [9.17, 15) is 4.79 Å². The highest BCUT2D eigenvalue weighted by Gasteiger charge is 2.07. The summed E-state index contributed by atoms with van der Waals surface area (Å²) in [6, 6.07) is 12.1. The number of hydrogen-bond acceptors (Lipinski definition) is 5. The Hall–Kier alpha value is -2.31. The van der Waals surface area contributed by atoms with Gasteiger partial charge in [-0.2, -0.15) is 0 Å². The fraction of sp³-hybridized carbons (Fsp3) is 0.118. The third kappa shape index (κ3) is 4.34. The van der Waals surface area contributed by atoms with Crippen LogP contribution in [0.4, 0.5) is 5.13 Å². The van der Waals surface area contributed by atoms with Crippen LogP contribution in [0.1, 0.15) is 21.0 Å². The maximum atomic E-state index is 11.9. The predicted molar refractivity (Wildman–Crippen MR) is 95.9 cm³/mol. The molecule has 0 atom stereocenters. The van der Waals surface area contributed by atoms with Gasteiger partial charge < -0.3 is 0 Å². The number of nitrogens with zero attached hydrogens (tertiary/aromatic N) is 2. The van der Waals surface area contributed by atoms with E-state index in [1.807, 2.05) is 54.8 Å². The van der Waals surface area contributed by atoms with Crippen molar-refractivity contribution >= 4 is 39.8 Å². The molecule has 116 valence electrons. The normalized spacial score (nSPS) is 11.0. The molecule has 0 fully saturated rings. The molecule has 0 aliphatic rings. The summed E-state index contributed by atoms with van der Waals surface area (Å²) in [7, 11) is 0. The first kappa shape index (κ1) is 15.6. The third-order valence-electron chi connectivity index (χ3n) is 3.18. The monoisotopic (exact) mass is 341 g/mol. The number of rotatable bonds is 5. The van der Waals surface area contributed by atoms with Crippen molar-refractivity contribution in [3.8, 4) is 0 Å². The molecule has 0 aliphatic carbocycles. The Bertz CT molecular complexity index is 821. The van der Waals surface area contributed by atoms with Gasteiger partial charge in [-0.1, -0.05) is 41.7 Å². The maximum absolute atomic E-state index is 11.9. The van der Waals surface area contributed by atoms with Crippen molar-refractivity contribution in [3.05, 3.63) is 68.9 Å². The summed E-state index contributed by atoms with van der Waals surface area (Å²) in [6.45, 7) is 2.02. The van der Waals surface area contributed by atoms with Crippen molar-refractivity contribution < 1.29 is 4.79 Å². The molecule has 0 aliphatic heterocycles. The van der Waals surface area contributed by atoms with E-state index in [0.29, 0.717) is 5.13 Å². The van der Waals surface area contributed by atoms with Crippen LogP contribution in [-0.2, 0) is 11.2 Å². The highest BCUT2D eigenvalue weighted by Crippen LogP contribution is 2.19. The number of thiophene rings is 1. The molecule has 0 saturated heterocycles. The molecule has 2 aromatic heterocycles. The van der Waals surface area contributed by atoms with Gasteiger partial charge in [0.05, 0.1) is 0 Å². The number of benzene rings is 1. The largest absolute Gasteiger partial charge is 0.297 e. The van der Waals surface area contributed by atoms with E-state index in [1.165, 1.54) is 28.5 Å². The molecule has 0 bridgehead atoms. The molecule has 6 heteroatoms. The zero-order valence-corrected chi connectivity index (χ0v) is 14.2. The number of aryl methyl sites for hydroxylation is 1. The molecule has 1 N–H and O–H groups in total. The van der Waals surface area contributed by atoms with Gasteiger partial charge in [-0.05, 0) is 35.6 Å². The van der Waals surface area contributed by atoms with Crippen LogP contribution < -0.4 is 5.32 Å². The minimum absolute atomic E-state index is 0.194. The summed E-state index contributed by atoms with van der Waals surface area (Å²) < 4.78 is 0. The van der Waals surface area contributed by atoms with Crippen molar-refractivity contribution in [1.29, 1.82) is 0 Å². The molecule has 0 spiro atoms. The summed E-state index contributed by atoms with van der Waals surface area (Å²) in [6.07, 6.45) is 4.07. The Balaban J connectivity index is 1.59. The molecule has 3 aromatic rings. The lowest BCUT2D eigenvalue weighted by molar-refractivity contribution is -0.111. The van der Waals surface area contributed by atoms with Crippen LogP contribution in [0.2, 0.25) is 0 Å². The van der Waals surface area contributed by atoms with Crippen LogP contribution in [0.3, 0.4) is 0 Å². The highest BCUT2D eigenvalue weighted by molar-refractivity contribution is 7.15. The number of nitrogens with one attached hydrogen (secondary N) is 1. The lowest BCUT2D eigenvalue weighted by Gasteiger charge is -1.96. The van der Waals surface area contributed by atoms with E-state index < -0.39 is 0 Å². The zero-order valence-electron chi connectivity index (χ0n) is 12.5. The number of aromatic nitrogens is 2. The van der Waals surface area contributed by atoms with E-state index in [2.05, 4.69) is 15.5 Å². The Kier molecular flexibility index (Phi) is 4.95. The van der Waals surface area contributed by atoms with E-state index in [1.54, 1.807) is 11.3 Å². The summed E-state index contributed by atoms with van der Waals surface area (Å²) in [5.41, 5.74) is 2.34. The van der Waals surface area contributed by atoms with Crippen molar-refractivity contribution in [2.75, 3.05) is 5.32 Å². The minimum atomic E-state index is -0.194. The van der Waals surface area contributed by atoms with E-state index >= 15 is 0 Å². The Morgan fingerprint density at radius 1 is 1.22 bits per heavy atom. The van der Waals surface area contributed by atoms with E-state index in [0.717, 1.165) is 16.3 Å². The van der Waals surface area contributed by atoms with Crippen molar-refractivity contribution in [2.24, 2.45) is 0 Å². The van der Waals surface area contributed by atoms with Gasteiger partial charge >= 0.3 is 0 Å². The average molecular weight is 341 g/mol. The molecular weight excluding hydrogens is 326 g/mol. The highest BCUT2D eigenvalue weighted by atomic mass is 32.1. The fourth-order valence-corrected chi connectivity index (χ4v) is 3.60. The Labute approximate surface area is 142 Å². The molecule has 3 rings (SSSR count). The lowest BCUT2D eigenvalue weighted by Crippen LogP contribution is -2.07. The number of hydrogen-bond donors (Lipinski definition) is 1. The Morgan fingerprint density at radius 2 is 2.04 bits per heavy atom. The van der Waals surface area contributed by atoms with Gasteiger partial charge in [0.15, 0.2) is 0 Å². The fourth-order valence-electron chi connectivity index (χ4n) is 2.00. The molecule has 0 unspecified atom stereocenters. The average Bonchev–Trinajstić information content (AvgIpc) is 3.15. The van der Waals surface area contributed by atoms with Crippen molar-refractivity contribution in [2.45, 2.75) is 13.3 Å². The van der Waals surface area contributed by atoms with Crippen LogP contribution in [0.15, 0.2) is 47.9 Å². The van der Waals surface area contributed by atoms with Gasteiger partial charge in [-0.3, -0.25) is 10.1 Å². The van der Waals surface area contributed by atoms with Gasteiger partial charge in [0.1, 0.15) is 5.01 Å². The second-order valence-electron chi connectivity index (χ2n) is 4.95. The van der Waals surface area contributed by atoms with Crippen LogP contribution in [0, 0.1) is 6.92 Å². The summed E-state index contributed by atoms with van der Waals surface area (Å²) in [4.78, 5) is 13.0. The first-order valence-electron chi connectivity index (χ1n) is 7.10. The smallest absolute Gasteiger partial charge is 0.250 e. The topological polar surface area (TPSA) is 54.9 Å². The quantitative estimate of drug-likeness (QED) is 0.709. The van der Waals surface area contributed by atoms with E-state index in [-0.39, 0.29) is 5.91 Å². The maximum Gasteiger partial charge on any atom is 0.250 e. The summed E-state index contributed by atoms with van der Waals surface area (Å²) >= 11 is 3.01. The van der Waals surface area contributed by atoms with Crippen molar-refractivity contribution in [3.63, 3.8) is 0 Å². The SMILES string of the molecule is Cc1ccsc1/C=C/C(=O)Nc1nnc(Cc2ccccc2)s1. The first-order valence-corrected chi connectivity index (χ1v) is 8.80. The molecular formula is C17H15N3OS2. The Morgan fingerprint density at radius 3 is 2.78 bits per heavy atom. The zero-order chi connectivity index (χ0) is 16.1. The lowest BCUT2D eigenvalue weighted by atomic mass is 10.2. The molecule has 0 radical (unpaired) electrons. The molecule has 23 heavy (non-hydrogen) atoms. The predicted octanol–water partition coefficient (Wildman–Crippen LogP) is 4.15. The molecule has 1 amide bonds. The van der Waals surface area contributed by atoms with Crippen LogP contribution in [-0.4, -0.2) is 16.1 Å². The van der Waals surface area contributed by atoms with Gasteiger partial charge in [-0.25, -0.2) is 0 Å². The molecule has 2 heterocycles. The van der Waals surface area contributed by atoms with Crippen LogP contribution in [0.25, 0.3) is 6.08 Å². The number of amides is 1. The van der Waals surface area contributed by atoms with Crippen molar-refractivity contribution in [1.82, 2.24) is 10.2 Å². The minimum Gasteiger partial charge on any atom is -0.297 e. The van der Waals surface area contributed by atoms with E-state index in [4.69, 9.17) is 0 Å². The number of carbonyl (C=O) groups excluding carboxylic acids is 1. The van der Waals surface area contributed by atoms with Gasteiger partial charge in [0, 0.05) is 17.4 Å². The number of anilines is 1. The molecule has 4 nitrogen and oxygen atoms in total. The number of carbonyl (C=O) groups is 1. The van der Waals surface area contributed by atoms with Gasteiger partial charge in [-0.15, -0.1) is 21.5 Å². The molecule has 0 saturated carbocycles. The van der Waals surface area contributed by atoms with Crippen LogP contribution in [0.5, 0.6) is 0 Å². The second kappa shape index (κ2) is 7.30. The third-order valence-corrected chi connectivity index (χ3v) is 5.01. The summed E-state index contributed by atoms with van der Waals surface area (Å²) in [5, 5.41) is 14.3. The first-order chi connectivity index (χ1) is 11.2. The van der Waals surface area contributed by atoms with Gasteiger partial charge in [0.2, 0.25) is 11.0 Å².